The normalized spacial score (nSPS) is 17.7. The van der Waals surface area contributed by atoms with Gasteiger partial charge in [-0.25, -0.2) is 4.39 Å². The Morgan fingerprint density at radius 3 is 2.75 bits per heavy atom. The van der Waals surface area contributed by atoms with Crippen LogP contribution in [0.4, 0.5) is 4.39 Å². The molecule has 0 amide bonds. The Morgan fingerprint density at radius 2 is 2.06 bits per heavy atom. The summed E-state index contributed by atoms with van der Waals surface area (Å²) in [4.78, 5) is 2.22. The molecule has 2 rings (SSSR count). The van der Waals surface area contributed by atoms with E-state index in [9.17, 15) is 4.39 Å². The van der Waals surface area contributed by atoms with E-state index >= 15 is 0 Å². The molecule has 1 aliphatic rings. The Labute approximate surface area is 100 Å². The minimum Gasteiger partial charge on any atom is -0.314 e. The third kappa shape index (κ3) is 2.54. The molecule has 0 spiro atoms. The van der Waals surface area contributed by atoms with Gasteiger partial charge in [-0.3, -0.25) is 4.90 Å². The molecule has 0 radical (unpaired) electrons. The smallest absolute Gasteiger partial charge is 0.129 e. The molecule has 0 aliphatic carbocycles. The van der Waals surface area contributed by atoms with Crippen LogP contribution in [0.3, 0.4) is 0 Å². The number of hydrogen-bond acceptors (Lipinski definition) is 2. The van der Waals surface area contributed by atoms with Gasteiger partial charge in [0.25, 0.3) is 0 Å². The van der Waals surface area contributed by atoms with Crippen LogP contribution in [0.5, 0.6) is 0 Å². The van der Waals surface area contributed by atoms with Crippen LogP contribution < -0.4 is 5.32 Å². The highest BCUT2D eigenvalue weighted by Gasteiger charge is 2.15. The van der Waals surface area contributed by atoms with Gasteiger partial charge in [0.1, 0.15) is 5.82 Å². The lowest BCUT2D eigenvalue weighted by molar-refractivity contribution is 0.230. The molecule has 88 valence electrons. The molecule has 1 aromatic carbocycles. The van der Waals surface area contributed by atoms with Gasteiger partial charge in [0, 0.05) is 38.3 Å². The van der Waals surface area contributed by atoms with E-state index in [1.807, 2.05) is 6.92 Å². The maximum absolute atomic E-state index is 13.7. The number of halogens is 2. The van der Waals surface area contributed by atoms with Crippen LogP contribution in [0.2, 0.25) is 5.02 Å². The molecular formula is C12H16ClFN2. The summed E-state index contributed by atoms with van der Waals surface area (Å²) in [5.74, 6) is -0.200. The fourth-order valence-electron chi connectivity index (χ4n) is 1.95. The van der Waals surface area contributed by atoms with Gasteiger partial charge < -0.3 is 5.32 Å². The van der Waals surface area contributed by atoms with Crippen LogP contribution in [0.25, 0.3) is 0 Å². The van der Waals surface area contributed by atoms with Crippen molar-refractivity contribution in [2.24, 2.45) is 0 Å². The van der Waals surface area contributed by atoms with E-state index in [1.165, 1.54) is 6.07 Å². The largest absolute Gasteiger partial charge is 0.314 e. The van der Waals surface area contributed by atoms with Crippen LogP contribution in [0, 0.1) is 12.7 Å². The molecule has 1 aromatic rings. The monoisotopic (exact) mass is 242 g/mol. The SMILES string of the molecule is Cc1ccc(F)c(CN2CCNCC2)c1Cl. The highest BCUT2D eigenvalue weighted by atomic mass is 35.5. The lowest BCUT2D eigenvalue weighted by atomic mass is 10.1. The van der Waals surface area contributed by atoms with Crippen LogP contribution >= 0.6 is 11.6 Å². The van der Waals surface area contributed by atoms with Gasteiger partial charge >= 0.3 is 0 Å². The summed E-state index contributed by atoms with van der Waals surface area (Å²) in [6.45, 7) is 6.33. The molecule has 0 aromatic heterocycles. The number of nitrogens with zero attached hydrogens (tertiary/aromatic N) is 1. The van der Waals surface area contributed by atoms with Crippen molar-refractivity contribution in [3.63, 3.8) is 0 Å². The third-order valence-electron chi connectivity index (χ3n) is 2.97. The van der Waals surface area contributed by atoms with Gasteiger partial charge in [0.15, 0.2) is 0 Å². The maximum Gasteiger partial charge on any atom is 0.129 e. The predicted octanol–water partition coefficient (Wildman–Crippen LogP) is 2.19. The van der Waals surface area contributed by atoms with Crippen molar-refractivity contribution in [1.29, 1.82) is 0 Å². The van der Waals surface area contributed by atoms with Gasteiger partial charge in [0.2, 0.25) is 0 Å². The molecule has 16 heavy (non-hydrogen) atoms. The van der Waals surface area contributed by atoms with E-state index in [0.717, 1.165) is 31.7 Å². The molecule has 1 saturated heterocycles. The summed E-state index contributed by atoms with van der Waals surface area (Å²) in [5, 5.41) is 3.84. The Bertz CT molecular complexity index is 376. The minimum absolute atomic E-state index is 0.200. The Kier molecular flexibility index (Phi) is 3.79. The van der Waals surface area contributed by atoms with E-state index in [-0.39, 0.29) is 5.82 Å². The van der Waals surface area contributed by atoms with Crippen LogP contribution in [-0.4, -0.2) is 31.1 Å². The zero-order valence-corrected chi connectivity index (χ0v) is 10.1. The first kappa shape index (κ1) is 11.8. The van der Waals surface area contributed by atoms with E-state index in [2.05, 4.69) is 10.2 Å². The minimum atomic E-state index is -0.200. The molecular weight excluding hydrogens is 227 g/mol. The number of hydrogen-bond donors (Lipinski definition) is 1. The molecule has 1 fully saturated rings. The van der Waals surface area contributed by atoms with Crippen LogP contribution in [0.15, 0.2) is 12.1 Å². The Balaban J connectivity index is 2.16. The Hall–Kier alpha value is -0.640. The molecule has 0 saturated carbocycles. The molecule has 1 heterocycles. The van der Waals surface area contributed by atoms with Gasteiger partial charge in [-0.1, -0.05) is 17.7 Å². The molecule has 1 aliphatic heterocycles. The summed E-state index contributed by atoms with van der Waals surface area (Å²) in [6, 6.07) is 3.22. The number of aryl methyl sites for hydroxylation is 1. The van der Waals surface area contributed by atoms with Gasteiger partial charge in [-0.2, -0.15) is 0 Å². The van der Waals surface area contributed by atoms with Crippen LogP contribution in [-0.2, 0) is 6.54 Å². The first-order valence-corrected chi connectivity index (χ1v) is 5.93. The van der Waals surface area contributed by atoms with Crippen LogP contribution in [0.1, 0.15) is 11.1 Å². The van der Waals surface area contributed by atoms with Gasteiger partial charge in [-0.05, 0) is 18.6 Å². The topological polar surface area (TPSA) is 15.3 Å². The second kappa shape index (κ2) is 5.13. The second-order valence-corrected chi connectivity index (χ2v) is 4.56. The predicted molar refractivity (Wildman–Crippen MR) is 64.3 cm³/mol. The molecule has 0 unspecified atom stereocenters. The van der Waals surface area contributed by atoms with Crippen molar-refractivity contribution in [3.05, 3.63) is 34.1 Å². The first-order chi connectivity index (χ1) is 7.68. The number of rotatable bonds is 2. The average Bonchev–Trinajstić information content (AvgIpc) is 2.31. The van der Waals surface area contributed by atoms with Gasteiger partial charge in [0.05, 0.1) is 5.02 Å². The number of nitrogens with one attached hydrogen (secondary N) is 1. The van der Waals surface area contributed by atoms with E-state index < -0.39 is 0 Å². The summed E-state index contributed by atoms with van der Waals surface area (Å²) >= 11 is 6.14. The van der Waals surface area contributed by atoms with Crippen molar-refractivity contribution in [2.45, 2.75) is 13.5 Å². The summed E-state index contributed by atoms with van der Waals surface area (Å²) in [5.41, 5.74) is 1.57. The van der Waals surface area contributed by atoms with Crippen molar-refractivity contribution < 1.29 is 4.39 Å². The molecule has 0 bridgehead atoms. The van der Waals surface area contributed by atoms with E-state index in [0.29, 0.717) is 17.1 Å². The number of benzene rings is 1. The van der Waals surface area contributed by atoms with Crippen molar-refractivity contribution in [2.75, 3.05) is 26.2 Å². The molecule has 2 nitrogen and oxygen atoms in total. The number of piperazine rings is 1. The zero-order chi connectivity index (χ0) is 11.5. The fraction of sp³-hybridized carbons (Fsp3) is 0.500. The van der Waals surface area contributed by atoms with Crippen molar-refractivity contribution >= 4 is 11.6 Å². The summed E-state index contributed by atoms with van der Waals surface area (Å²) in [7, 11) is 0. The molecule has 0 atom stereocenters. The quantitative estimate of drug-likeness (QED) is 0.856. The first-order valence-electron chi connectivity index (χ1n) is 5.55. The second-order valence-electron chi connectivity index (χ2n) is 4.18. The van der Waals surface area contributed by atoms with Crippen molar-refractivity contribution in [1.82, 2.24) is 10.2 Å². The summed E-state index contributed by atoms with van der Waals surface area (Å²) in [6.07, 6.45) is 0. The lowest BCUT2D eigenvalue weighted by Gasteiger charge is -2.27. The lowest BCUT2D eigenvalue weighted by Crippen LogP contribution is -2.43. The van der Waals surface area contributed by atoms with E-state index in [4.69, 9.17) is 11.6 Å². The average molecular weight is 243 g/mol. The van der Waals surface area contributed by atoms with Gasteiger partial charge in [-0.15, -0.1) is 0 Å². The zero-order valence-electron chi connectivity index (χ0n) is 9.39. The highest BCUT2D eigenvalue weighted by Crippen LogP contribution is 2.24. The fourth-order valence-corrected chi connectivity index (χ4v) is 2.17. The van der Waals surface area contributed by atoms with E-state index in [1.54, 1.807) is 6.07 Å². The standard InChI is InChI=1S/C12H16ClFN2/c1-9-2-3-11(14)10(12(9)13)8-16-6-4-15-5-7-16/h2-3,15H,4-8H2,1H3. The maximum atomic E-state index is 13.7. The Morgan fingerprint density at radius 1 is 1.38 bits per heavy atom. The van der Waals surface area contributed by atoms with Crippen molar-refractivity contribution in [3.8, 4) is 0 Å². The third-order valence-corrected chi connectivity index (χ3v) is 3.50. The molecule has 4 heteroatoms. The molecule has 1 N–H and O–H groups in total. The summed E-state index contributed by atoms with van der Waals surface area (Å²) < 4.78 is 13.7. The highest BCUT2D eigenvalue weighted by molar-refractivity contribution is 6.32.